The van der Waals surface area contributed by atoms with E-state index in [1.807, 2.05) is 4.72 Å². The summed E-state index contributed by atoms with van der Waals surface area (Å²) in [6.07, 6.45) is 2.09. The van der Waals surface area contributed by atoms with Gasteiger partial charge >= 0.3 is 6.03 Å². The zero-order valence-corrected chi connectivity index (χ0v) is 19.7. The molecule has 0 saturated heterocycles. The summed E-state index contributed by atoms with van der Waals surface area (Å²) in [6.45, 7) is -0.174. The standard InChI is InChI=1S/C17H22N6O8S2/c1-29-14-8-15(30-2)21-16(20-14)22-17(24)23-33(27,28)13-7-11(9-19-32(4,25)26)5-6-12(13)10-18-31-3/h5-8,10,19H,9H2,1-4H3,(H2,20,21,22,23,24)/b18-10+. The lowest BCUT2D eigenvalue weighted by Crippen LogP contribution is -2.35. The van der Waals surface area contributed by atoms with E-state index < -0.39 is 26.1 Å². The van der Waals surface area contributed by atoms with Crippen LogP contribution in [-0.2, 0) is 31.4 Å². The molecule has 0 bridgehead atoms. The van der Waals surface area contributed by atoms with Gasteiger partial charge in [-0.05, 0) is 11.6 Å². The molecule has 16 heteroatoms. The fourth-order valence-corrected chi connectivity index (χ4v) is 3.90. The van der Waals surface area contributed by atoms with Crippen molar-refractivity contribution in [3.05, 3.63) is 35.4 Å². The minimum atomic E-state index is -4.45. The first-order valence-electron chi connectivity index (χ1n) is 8.92. The highest BCUT2D eigenvalue weighted by atomic mass is 32.2. The number of methoxy groups -OCH3 is 2. The van der Waals surface area contributed by atoms with Crippen LogP contribution in [-0.4, -0.2) is 66.6 Å². The molecule has 0 aliphatic heterocycles. The number of nitrogens with zero attached hydrogens (tertiary/aromatic N) is 3. The number of nitrogens with one attached hydrogen (secondary N) is 3. The normalized spacial score (nSPS) is 11.8. The maximum atomic E-state index is 12.9. The van der Waals surface area contributed by atoms with E-state index in [0.717, 1.165) is 12.5 Å². The smallest absolute Gasteiger partial charge is 0.335 e. The third kappa shape index (κ3) is 7.85. The number of benzene rings is 1. The van der Waals surface area contributed by atoms with Gasteiger partial charge < -0.3 is 14.3 Å². The highest BCUT2D eigenvalue weighted by molar-refractivity contribution is 7.90. The molecule has 14 nitrogen and oxygen atoms in total. The number of urea groups is 1. The first-order chi connectivity index (χ1) is 15.5. The van der Waals surface area contributed by atoms with Crippen LogP contribution >= 0.6 is 0 Å². The lowest BCUT2D eigenvalue weighted by Gasteiger charge is -2.12. The largest absolute Gasteiger partial charge is 0.481 e. The van der Waals surface area contributed by atoms with Gasteiger partial charge in [-0.25, -0.2) is 31.1 Å². The fourth-order valence-electron chi connectivity index (χ4n) is 2.33. The first-order valence-corrected chi connectivity index (χ1v) is 12.3. The third-order valence-corrected chi connectivity index (χ3v) is 5.81. The molecule has 2 rings (SSSR count). The van der Waals surface area contributed by atoms with Gasteiger partial charge in [-0.3, -0.25) is 5.32 Å². The molecular formula is C17H22N6O8S2. The van der Waals surface area contributed by atoms with E-state index in [2.05, 4.69) is 30.0 Å². The minimum absolute atomic E-state index is 0.0733. The van der Waals surface area contributed by atoms with Gasteiger partial charge in [-0.15, -0.1) is 0 Å². The summed E-state index contributed by atoms with van der Waals surface area (Å²) >= 11 is 0. The second-order valence-electron chi connectivity index (χ2n) is 6.22. The molecule has 0 fully saturated rings. The quantitative estimate of drug-likeness (QED) is 0.295. The van der Waals surface area contributed by atoms with Gasteiger partial charge in [0.2, 0.25) is 27.7 Å². The summed E-state index contributed by atoms with van der Waals surface area (Å²) in [5.74, 6) is -0.125. The van der Waals surface area contributed by atoms with Crippen LogP contribution in [0.25, 0.3) is 0 Å². The average Bonchev–Trinajstić information content (AvgIpc) is 2.75. The van der Waals surface area contributed by atoms with Gasteiger partial charge in [-0.1, -0.05) is 17.3 Å². The second kappa shape index (κ2) is 10.9. The van der Waals surface area contributed by atoms with E-state index in [0.29, 0.717) is 5.56 Å². The Hall–Kier alpha value is -3.50. The summed E-state index contributed by atoms with van der Waals surface area (Å²) < 4.78 is 62.5. The molecule has 0 radical (unpaired) electrons. The van der Waals surface area contributed by atoms with Crippen molar-refractivity contribution < 1.29 is 35.9 Å². The molecule has 1 aromatic carbocycles. The number of anilines is 1. The molecule has 2 amide bonds. The van der Waals surface area contributed by atoms with Crippen LogP contribution in [0.15, 0.2) is 34.3 Å². The molecule has 1 heterocycles. The number of hydrogen-bond acceptors (Lipinski definition) is 11. The maximum Gasteiger partial charge on any atom is 0.335 e. The highest BCUT2D eigenvalue weighted by Crippen LogP contribution is 2.19. The number of aromatic nitrogens is 2. The van der Waals surface area contributed by atoms with Crippen molar-refractivity contribution in [1.82, 2.24) is 19.4 Å². The molecule has 1 aromatic heterocycles. The van der Waals surface area contributed by atoms with Crippen molar-refractivity contribution in [2.24, 2.45) is 5.16 Å². The van der Waals surface area contributed by atoms with Crippen LogP contribution in [0, 0.1) is 0 Å². The number of ether oxygens (including phenoxy) is 2. The molecule has 0 spiro atoms. The topological polar surface area (TPSA) is 187 Å². The number of amides is 2. The lowest BCUT2D eigenvalue weighted by molar-refractivity contribution is 0.215. The zero-order chi connectivity index (χ0) is 24.6. The minimum Gasteiger partial charge on any atom is -0.481 e. The maximum absolute atomic E-state index is 12.9. The summed E-state index contributed by atoms with van der Waals surface area (Å²) in [7, 11) is -4.03. The Balaban J connectivity index is 2.33. The fraction of sp³-hybridized carbons (Fsp3) is 0.294. The Bertz CT molecular complexity index is 1230. The molecule has 0 aliphatic rings. The Morgan fingerprint density at radius 2 is 1.70 bits per heavy atom. The number of sulfonamides is 2. The van der Waals surface area contributed by atoms with Gasteiger partial charge in [0.1, 0.15) is 7.11 Å². The average molecular weight is 503 g/mol. The predicted octanol–water partition coefficient (Wildman–Crippen LogP) is 0.0337. The number of carbonyl (C=O) groups is 1. The van der Waals surface area contributed by atoms with E-state index >= 15 is 0 Å². The third-order valence-electron chi connectivity index (χ3n) is 3.75. The van der Waals surface area contributed by atoms with Crippen LogP contribution in [0.3, 0.4) is 0 Å². The molecule has 33 heavy (non-hydrogen) atoms. The molecule has 180 valence electrons. The van der Waals surface area contributed by atoms with E-state index in [1.165, 1.54) is 45.6 Å². The number of rotatable bonds is 10. The molecule has 3 N–H and O–H groups in total. The van der Waals surface area contributed by atoms with Gasteiger partial charge in [-0.2, -0.15) is 9.97 Å². The second-order valence-corrected chi connectivity index (χ2v) is 9.70. The van der Waals surface area contributed by atoms with Crippen LogP contribution in [0.4, 0.5) is 10.7 Å². The lowest BCUT2D eigenvalue weighted by atomic mass is 10.1. The summed E-state index contributed by atoms with van der Waals surface area (Å²) in [5.41, 5.74) is 0.399. The van der Waals surface area contributed by atoms with Crippen LogP contribution in [0.1, 0.15) is 11.1 Å². The van der Waals surface area contributed by atoms with Gasteiger partial charge in [0.15, 0.2) is 0 Å². The molecule has 2 aromatic rings. The molecular weight excluding hydrogens is 480 g/mol. The molecule has 0 unspecified atom stereocenters. The first kappa shape index (κ1) is 25.8. The van der Waals surface area contributed by atoms with Crippen molar-refractivity contribution >= 4 is 38.2 Å². The van der Waals surface area contributed by atoms with Gasteiger partial charge in [0, 0.05) is 12.1 Å². The molecule has 0 aliphatic carbocycles. The summed E-state index contributed by atoms with van der Waals surface area (Å²) in [6, 6.07) is 4.25. The van der Waals surface area contributed by atoms with Crippen LogP contribution < -0.4 is 24.2 Å². The van der Waals surface area contributed by atoms with Crippen LogP contribution in [0.5, 0.6) is 11.8 Å². The number of hydrogen-bond donors (Lipinski definition) is 3. The Morgan fingerprint density at radius 3 is 2.24 bits per heavy atom. The SMILES string of the molecule is CO/N=C/c1ccc(CNS(C)(=O)=O)cc1S(=O)(=O)NC(=O)Nc1nc(OC)cc(OC)n1. The van der Waals surface area contributed by atoms with Crippen molar-refractivity contribution in [2.75, 3.05) is 32.9 Å². The zero-order valence-electron chi connectivity index (χ0n) is 18.0. The Kier molecular flexibility index (Phi) is 8.50. The van der Waals surface area contributed by atoms with Crippen molar-refractivity contribution in [3.8, 4) is 11.8 Å². The van der Waals surface area contributed by atoms with E-state index in [1.54, 1.807) is 0 Å². The highest BCUT2D eigenvalue weighted by Gasteiger charge is 2.22. The number of oxime groups is 1. The Morgan fingerprint density at radius 1 is 1.06 bits per heavy atom. The monoisotopic (exact) mass is 502 g/mol. The van der Waals surface area contributed by atoms with Crippen molar-refractivity contribution in [1.29, 1.82) is 0 Å². The summed E-state index contributed by atoms with van der Waals surface area (Å²) in [5, 5.41) is 5.72. The van der Waals surface area contributed by atoms with Gasteiger partial charge in [0.25, 0.3) is 10.0 Å². The van der Waals surface area contributed by atoms with Gasteiger partial charge in [0.05, 0.1) is 37.7 Å². The van der Waals surface area contributed by atoms with E-state index in [9.17, 15) is 21.6 Å². The van der Waals surface area contributed by atoms with E-state index in [4.69, 9.17) is 9.47 Å². The van der Waals surface area contributed by atoms with Crippen molar-refractivity contribution in [3.63, 3.8) is 0 Å². The van der Waals surface area contributed by atoms with Crippen LogP contribution in [0.2, 0.25) is 0 Å². The predicted molar refractivity (Wildman–Crippen MR) is 117 cm³/mol. The molecule has 0 atom stereocenters. The Labute approximate surface area is 190 Å². The number of carbonyl (C=O) groups excluding carboxylic acids is 1. The van der Waals surface area contributed by atoms with Crippen molar-refractivity contribution in [2.45, 2.75) is 11.4 Å². The molecule has 0 saturated carbocycles. The van der Waals surface area contributed by atoms with E-state index in [-0.39, 0.29) is 34.7 Å². The summed E-state index contributed by atoms with van der Waals surface area (Å²) in [4.78, 5) is 24.3.